The summed E-state index contributed by atoms with van der Waals surface area (Å²) in [4.78, 5) is 27.5. The molecule has 1 aromatic carbocycles. The van der Waals surface area contributed by atoms with E-state index in [2.05, 4.69) is 30.7 Å². The van der Waals surface area contributed by atoms with Gasteiger partial charge >= 0.3 is 0 Å². The zero-order valence-electron chi connectivity index (χ0n) is 12.9. The highest BCUT2D eigenvalue weighted by atomic mass is 19.1. The Balaban J connectivity index is 2.19. The number of nitrogens with zero attached hydrogens (tertiary/aromatic N) is 3. The number of anilines is 1. The summed E-state index contributed by atoms with van der Waals surface area (Å²) in [5, 5.41) is 15.5. The second-order valence-corrected chi connectivity index (χ2v) is 4.63. The van der Waals surface area contributed by atoms with Gasteiger partial charge in [0.05, 0.1) is 0 Å². The van der Waals surface area contributed by atoms with Crippen LogP contribution in [0.25, 0.3) is 0 Å². The van der Waals surface area contributed by atoms with Crippen LogP contribution in [0, 0.1) is 5.82 Å². The van der Waals surface area contributed by atoms with Gasteiger partial charge in [-0.05, 0) is 16.4 Å². The molecule has 24 heavy (non-hydrogen) atoms. The topological polar surface area (TPSA) is 119 Å². The minimum atomic E-state index is -0.458. The predicted octanol–water partition coefficient (Wildman–Crippen LogP) is 1.18. The number of rotatable bonds is 5. The highest BCUT2D eigenvalue weighted by Gasteiger charge is 2.19. The van der Waals surface area contributed by atoms with Gasteiger partial charge in [-0.25, -0.2) is 9.02 Å². The highest BCUT2D eigenvalue weighted by molar-refractivity contribution is 6.09. The predicted molar refractivity (Wildman–Crippen MR) is 80.1 cm³/mol. The molecule has 0 aliphatic heterocycles. The van der Waals surface area contributed by atoms with Crippen molar-refractivity contribution in [2.75, 3.05) is 5.32 Å². The van der Waals surface area contributed by atoms with Gasteiger partial charge in [0.2, 0.25) is 23.5 Å². The molecule has 1 aromatic heterocycles. The molecule has 0 saturated heterocycles. The van der Waals surface area contributed by atoms with E-state index in [9.17, 15) is 14.0 Å². The number of carbonyl (C=O) groups is 2. The van der Waals surface area contributed by atoms with E-state index >= 15 is 0 Å². The smallest absolute Gasteiger partial charge is 0.222 e. The van der Waals surface area contributed by atoms with E-state index in [-0.39, 0.29) is 29.5 Å². The quantitative estimate of drug-likeness (QED) is 0.481. The Morgan fingerprint density at radius 2 is 2.00 bits per heavy atom. The van der Waals surface area contributed by atoms with Gasteiger partial charge in [-0.1, -0.05) is 23.4 Å². The number of hydrogen-bond acceptors (Lipinski definition) is 7. The Bertz CT molecular complexity index is 774. The Morgan fingerprint density at radius 3 is 2.67 bits per heavy atom. The van der Waals surface area contributed by atoms with Gasteiger partial charge in [-0.2, -0.15) is 0 Å². The minimum absolute atomic E-state index is 0.0334. The first kappa shape index (κ1) is 17.1. The van der Waals surface area contributed by atoms with Gasteiger partial charge in [-0.15, -0.1) is 0 Å². The molecule has 2 aromatic rings. The van der Waals surface area contributed by atoms with E-state index in [4.69, 9.17) is 4.84 Å². The molecule has 10 heteroatoms. The summed E-state index contributed by atoms with van der Waals surface area (Å²) >= 11 is 0. The van der Waals surface area contributed by atoms with Crippen molar-refractivity contribution < 1.29 is 23.4 Å². The van der Waals surface area contributed by atoms with Crippen LogP contribution in [0.4, 0.5) is 10.2 Å². The van der Waals surface area contributed by atoms with Gasteiger partial charge in [0, 0.05) is 19.4 Å². The van der Waals surface area contributed by atoms with Crippen molar-refractivity contribution in [3.05, 3.63) is 41.3 Å². The molecule has 0 spiro atoms. The van der Waals surface area contributed by atoms with Crippen molar-refractivity contribution in [2.24, 2.45) is 5.16 Å². The zero-order chi connectivity index (χ0) is 17.5. The molecule has 0 aliphatic rings. The minimum Gasteiger partial charge on any atom is -0.389 e. The summed E-state index contributed by atoms with van der Waals surface area (Å²) in [6, 6.07) is 6.01. The molecule has 0 aliphatic carbocycles. The summed E-state index contributed by atoms with van der Waals surface area (Å²) in [5.74, 6) is -1.49. The first-order valence-electron chi connectivity index (χ1n) is 6.79. The summed E-state index contributed by atoms with van der Waals surface area (Å²) in [6.07, 6.45) is 0. The fraction of sp³-hybridized carbons (Fsp3) is 0.214. The van der Waals surface area contributed by atoms with Crippen LogP contribution >= 0.6 is 0 Å². The van der Waals surface area contributed by atoms with Crippen LogP contribution in [0.15, 0.2) is 34.1 Å². The molecule has 0 bridgehead atoms. The summed E-state index contributed by atoms with van der Waals surface area (Å²) < 4.78 is 18.1. The van der Waals surface area contributed by atoms with Gasteiger partial charge < -0.3 is 15.5 Å². The standard InChI is InChI=1S/C14H14FN5O4/c1-8(21)16-13(12-14(17-9(2)22)20-24-18-12)19-23-7-10-5-3-4-6-11(10)15/h3-6H,7H2,1-2H3,(H,16,19,21)(H,17,20,22). The lowest BCUT2D eigenvalue weighted by molar-refractivity contribution is -0.117. The number of halogens is 1. The number of amidine groups is 1. The highest BCUT2D eigenvalue weighted by Crippen LogP contribution is 2.12. The average Bonchev–Trinajstić information content (AvgIpc) is 2.95. The SMILES string of the molecule is CC(=O)NC(=NOCc1ccccc1F)c1nonc1NC(C)=O. The second kappa shape index (κ2) is 7.81. The third-order valence-corrected chi connectivity index (χ3v) is 2.64. The zero-order valence-corrected chi connectivity index (χ0v) is 12.9. The molecule has 2 amide bonds. The molecule has 0 radical (unpaired) electrons. The lowest BCUT2D eigenvalue weighted by Crippen LogP contribution is -2.30. The maximum atomic E-state index is 13.5. The number of oxime groups is 1. The van der Waals surface area contributed by atoms with E-state index in [1.807, 2.05) is 0 Å². The van der Waals surface area contributed by atoms with E-state index < -0.39 is 17.6 Å². The fourth-order valence-corrected chi connectivity index (χ4v) is 1.67. The molecule has 0 fully saturated rings. The van der Waals surface area contributed by atoms with E-state index in [1.54, 1.807) is 12.1 Å². The van der Waals surface area contributed by atoms with Crippen molar-refractivity contribution in [1.82, 2.24) is 15.6 Å². The fourth-order valence-electron chi connectivity index (χ4n) is 1.67. The first-order valence-corrected chi connectivity index (χ1v) is 6.79. The van der Waals surface area contributed by atoms with E-state index in [1.165, 1.54) is 26.0 Å². The second-order valence-electron chi connectivity index (χ2n) is 4.63. The third kappa shape index (κ3) is 4.60. The molecule has 126 valence electrons. The van der Waals surface area contributed by atoms with Gasteiger partial charge in [0.15, 0.2) is 5.69 Å². The molecule has 9 nitrogen and oxygen atoms in total. The first-order chi connectivity index (χ1) is 11.5. The third-order valence-electron chi connectivity index (χ3n) is 2.64. The molecular weight excluding hydrogens is 321 g/mol. The summed E-state index contributed by atoms with van der Waals surface area (Å²) in [6.45, 7) is 2.34. The number of benzene rings is 1. The van der Waals surface area contributed by atoms with Crippen molar-refractivity contribution in [3.8, 4) is 0 Å². The Labute approximate surface area is 135 Å². The lowest BCUT2D eigenvalue weighted by atomic mass is 10.2. The molecule has 1 heterocycles. The molecule has 2 rings (SSSR count). The van der Waals surface area contributed by atoms with Gasteiger partial charge in [0.25, 0.3) is 0 Å². The van der Waals surface area contributed by atoms with Crippen LogP contribution in [0.5, 0.6) is 0 Å². The van der Waals surface area contributed by atoms with Gasteiger partial charge in [0.1, 0.15) is 12.4 Å². The average molecular weight is 335 g/mol. The maximum absolute atomic E-state index is 13.5. The number of hydrogen-bond donors (Lipinski definition) is 2. The van der Waals surface area contributed by atoms with Crippen molar-refractivity contribution in [1.29, 1.82) is 0 Å². The normalized spacial score (nSPS) is 11.0. The molecule has 0 unspecified atom stereocenters. The number of aromatic nitrogens is 2. The van der Waals surface area contributed by atoms with Crippen LogP contribution in [0.1, 0.15) is 25.1 Å². The van der Waals surface area contributed by atoms with Crippen molar-refractivity contribution in [2.45, 2.75) is 20.5 Å². The summed E-state index contributed by atoms with van der Waals surface area (Å²) in [7, 11) is 0. The number of carbonyl (C=O) groups excluding carboxylic acids is 2. The van der Waals surface area contributed by atoms with Crippen LogP contribution in [-0.4, -0.2) is 28.0 Å². The molecule has 0 saturated carbocycles. The number of amides is 2. The Hall–Kier alpha value is -3.30. The van der Waals surface area contributed by atoms with Crippen molar-refractivity contribution >= 4 is 23.5 Å². The Kier molecular flexibility index (Phi) is 5.55. The van der Waals surface area contributed by atoms with Crippen molar-refractivity contribution in [3.63, 3.8) is 0 Å². The summed E-state index contributed by atoms with van der Waals surface area (Å²) in [5.41, 5.74) is 0.248. The lowest BCUT2D eigenvalue weighted by Gasteiger charge is -2.06. The molecule has 2 N–H and O–H groups in total. The van der Waals surface area contributed by atoms with E-state index in [0.29, 0.717) is 0 Å². The largest absolute Gasteiger partial charge is 0.389 e. The monoisotopic (exact) mass is 335 g/mol. The van der Waals surface area contributed by atoms with Gasteiger partial charge in [-0.3, -0.25) is 9.59 Å². The number of nitrogens with one attached hydrogen (secondary N) is 2. The maximum Gasteiger partial charge on any atom is 0.222 e. The molecular formula is C14H14FN5O4. The van der Waals surface area contributed by atoms with Crippen LogP contribution in [0.3, 0.4) is 0 Å². The van der Waals surface area contributed by atoms with Crippen LogP contribution < -0.4 is 10.6 Å². The molecule has 0 atom stereocenters. The van der Waals surface area contributed by atoms with Crippen LogP contribution in [0.2, 0.25) is 0 Å². The van der Waals surface area contributed by atoms with Crippen LogP contribution in [-0.2, 0) is 21.0 Å². The Morgan fingerprint density at radius 1 is 1.25 bits per heavy atom. The van der Waals surface area contributed by atoms with E-state index in [0.717, 1.165) is 0 Å².